The second-order valence-electron chi connectivity index (χ2n) is 7.10. The number of ether oxygens (including phenoxy) is 1. The molecule has 0 spiro atoms. The van der Waals surface area contributed by atoms with Crippen molar-refractivity contribution in [2.75, 3.05) is 11.9 Å². The van der Waals surface area contributed by atoms with Crippen LogP contribution in [0, 0.1) is 0 Å². The number of thioether (sulfide) groups is 1. The van der Waals surface area contributed by atoms with Crippen LogP contribution in [0.5, 0.6) is 5.75 Å². The van der Waals surface area contributed by atoms with Crippen molar-refractivity contribution in [1.29, 1.82) is 0 Å². The zero-order valence-electron chi connectivity index (χ0n) is 17.8. The lowest BCUT2D eigenvalue weighted by atomic mass is 10.1. The standard InChI is InChI=1S/C25H23N3O3S/c1-3-31-21-16-10-9-15-20(21)26-23(29)22(17-11-5-4-6-12-17)32-25-27-19-14-8-7-13-18(19)24(30)28(25)2/h4-16,22H,3H2,1-2H3,(H,26,29). The summed E-state index contributed by atoms with van der Waals surface area (Å²) in [5.41, 5.74) is 1.87. The van der Waals surface area contributed by atoms with Crippen LogP contribution in [-0.4, -0.2) is 22.1 Å². The van der Waals surface area contributed by atoms with Crippen LogP contribution in [0.2, 0.25) is 0 Å². The van der Waals surface area contributed by atoms with E-state index in [1.807, 2.05) is 67.6 Å². The summed E-state index contributed by atoms with van der Waals surface area (Å²) < 4.78 is 7.14. The van der Waals surface area contributed by atoms with Gasteiger partial charge in [-0.2, -0.15) is 0 Å². The highest BCUT2D eigenvalue weighted by Gasteiger charge is 2.25. The Morgan fingerprint density at radius 3 is 2.50 bits per heavy atom. The maximum atomic E-state index is 13.4. The first-order valence-corrected chi connectivity index (χ1v) is 11.2. The fourth-order valence-electron chi connectivity index (χ4n) is 3.36. The van der Waals surface area contributed by atoms with Crippen LogP contribution in [0.25, 0.3) is 10.9 Å². The number of nitrogens with one attached hydrogen (secondary N) is 1. The summed E-state index contributed by atoms with van der Waals surface area (Å²) >= 11 is 1.24. The van der Waals surface area contributed by atoms with Gasteiger partial charge >= 0.3 is 0 Å². The summed E-state index contributed by atoms with van der Waals surface area (Å²) in [4.78, 5) is 30.9. The first kappa shape index (κ1) is 21.6. The van der Waals surface area contributed by atoms with E-state index >= 15 is 0 Å². The highest BCUT2D eigenvalue weighted by molar-refractivity contribution is 8.00. The van der Waals surface area contributed by atoms with Gasteiger partial charge in [-0.3, -0.25) is 14.2 Å². The summed E-state index contributed by atoms with van der Waals surface area (Å²) in [7, 11) is 1.68. The molecule has 0 aliphatic heterocycles. The Bertz CT molecular complexity index is 1300. The molecule has 1 atom stereocenters. The third-order valence-electron chi connectivity index (χ3n) is 4.95. The van der Waals surface area contributed by atoms with Crippen LogP contribution in [-0.2, 0) is 11.8 Å². The molecule has 0 bridgehead atoms. The van der Waals surface area contributed by atoms with Gasteiger partial charge in [-0.15, -0.1) is 0 Å². The van der Waals surface area contributed by atoms with E-state index in [0.717, 1.165) is 5.56 Å². The molecule has 4 rings (SSSR count). The van der Waals surface area contributed by atoms with Gasteiger partial charge in [0, 0.05) is 7.05 Å². The molecule has 0 aliphatic rings. The Labute approximate surface area is 190 Å². The van der Waals surface area contributed by atoms with Crippen LogP contribution in [0.4, 0.5) is 5.69 Å². The number of carbonyl (C=O) groups is 1. The molecule has 1 aromatic heterocycles. The number of amides is 1. The lowest BCUT2D eigenvalue weighted by Gasteiger charge is -2.19. The van der Waals surface area contributed by atoms with Crippen molar-refractivity contribution in [3.05, 3.63) is 94.8 Å². The predicted molar refractivity (Wildman–Crippen MR) is 128 cm³/mol. The molecule has 0 saturated carbocycles. The zero-order chi connectivity index (χ0) is 22.5. The van der Waals surface area contributed by atoms with Crippen LogP contribution >= 0.6 is 11.8 Å². The van der Waals surface area contributed by atoms with Crippen molar-refractivity contribution >= 4 is 34.3 Å². The van der Waals surface area contributed by atoms with Crippen molar-refractivity contribution in [1.82, 2.24) is 9.55 Å². The largest absolute Gasteiger partial charge is 0.492 e. The molecule has 0 aliphatic carbocycles. The van der Waals surface area contributed by atoms with E-state index < -0.39 is 5.25 Å². The summed E-state index contributed by atoms with van der Waals surface area (Å²) in [5, 5.41) is 3.38. The third-order valence-corrected chi connectivity index (χ3v) is 6.25. The van der Waals surface area contributed by atoms with Gasteiger partial charge in [-0.05, 0) is 36.8 Å². The van der Waals surface area contributed by atoms with E-state index in [1.54, 1.807) is 25.2 Å². The van der Waals surface area contributed by atoms with E-state index in [0.29, 0.717) is 34.1 Å². The van der Waals surface area contributed by atoms with Crippen molar-refractivity contribution in [3.63, 3.8) is 0 Å². The number of fused-ring (bicyclic) bond motifs is 1. The van der Waals surface area contributed by atoms with Gasteiger partial charge in [-0.1, -0.05) is 66.4 Å². The number of hydrogen-bond acceptors (Lipinski definition) is 5. The number of anilines is 1. The van der Waals surface area contributed by atoms with E-state index in [9.17, 15) is 9.59 Å². The highest BCUT2D eigenvalue weighted by Crippen LogP contribution is 2.36. The smallest absolute Gasteiger partial charge is 0.261 e. The Morgan fingerprint density at radius 1 is 1.03 bits per heavy atom. The molecule has 7 heteroatoms. The van der Waals surface area contributed by atoms with E-state index in [2.05, 4.69) is 10.3 Å². The van der Waals surface area contributed by atoms with E-state index in [-0.39, 0.29) is 11.5 Å². The summed E-state index contributed by atoms with van der Waals surface area (Å²) in [6.45, 7) is 2.39. The maximum Gasteiger partial charge on any atom is 0.261 e. The second kappa shape index (κ2) is 9.70. The minimum atomic E-state index is -0.620. The van der Waals surface area contributed by atoms with Gasteiger partial charge in [0.1, 0.15) is 11.0 Å². The number of aromatic nitrogens is 2. The predicted octanol–water partition coefficient (Wildman–Crippen LogP) is 4.80. The number of benzene rings is 3. The molecule has 1 N–H and O–H groups in total. The average Bonchev–Trinajstić information content (AvgIpc) is 2.82. The first-order chi connectivity index (χ1) is 15.6. The zero-order valence-corrected chi connectivity index (χ0v) is 18.6. The average molecular weight is 446 g/mol. The lowest BCUT2D eigenvalue weighted by molar-refractivity contribution is -0.115. The first-order valence-electron chi connectivity index (χ1n) is 10.3. The summed E-state index contributed by atoms with van der Waals surface area (Å²) in [6.07, 6.45) is 0. The monoisotopic (exact) mass is 445 g/mol. The third kappa shape index (κ3) is 4.53. The normalized spacial score (nSPS) is 11.8. The number of nitrogens with zero attached hydrogens (tertiary/aromatic N) is 2. The lowest BCUT2D eigenvalue weighted by Crippen LogP contribution is -2.23. The summed E-state index contributed by atoms with van der Waals surface area (Å²) in [6, 6.07) is 24.0. The molecule has 162 valence electrons. The fraction of sp³-hybridized carbons (Fsp3) is 0.160. The van der Waals surface area contributed by atoms with E-state index in [1.165, 1.54) is 16.3 Å². The van der Waals surface area contributed by atoms with Crippen molar-refractivity contribution < 1.29 is 9.53 Å². The van der Waals surface area contributed by atoms with Crippen LogP contribution in [0.1, 0.15) is 17.7 Å². The highest BCUT2D eigenvalue weighted by atomic mass is 32.2. The molecule has 1 unspecified atom stereocenters. The molecule has 0 saturated heterocycles. The Morgan fingerprint density at radius 2 is 1.72 bits per heavy atom. The van der Waals surface area contributed by atoms with Crippen molar-refractivity contribution in [2.24, 2.45) is 7.05 Å². The molecular weight excluding hydrogens is 422 g/mol. The topological polar surface area (TPSA) is 73.2 Å². The van der Waals surface area contributed by atoms with Gasteiger partial charge in [0.25, 0.3) is 5.56 Å². The minimum absolute atomic E-state index is 0.146. The van der Waals surface area contributed by atoms with Crippen LogP contribution in [0.3, 0.4) is 0 Å². The fourth-order valence-corrected chi connectivity index (χ4v) is 4.42. The van der Waals surface area contributed by atoms with Gasteiger partial charge in [0.2, 0.25) is 5.91 Å². The van der Waals surface area contributed by atoms with Gasteiger partial charge in [-0.25, -0.2) is 4.98 Å². The Hall–Kier alpha value is -3.58. The Kier molecular flexibility index (Phi) is 6.56. The molecular formula is C25H23N3O3S. The van der Waals surface area contributed by atoms with Crippen LogP contribution in [0.15, 0.2) is 88.8 Å². The molecule has 32 heavy (non-hydrogen) atoms. The quantitative estimate of drug-likeness (QED) is 0.327. The van der Waals surface area contributed by atoms with E-state index in [4.69, 9.17) is 4.74 Å². The number of para-hydroxylation sites is 3. The van der Waals surface area contributed by atoms with Gasteiger partial charge < -0.3 is 10.1 Å². The number of carbonyl (C=O) groups excluding carboxylic acids is 1. The second-order valence-corrected chi connectivity index (χ2v) is 8.17. The van der Waals surface area contributed by atoms with Gasteiger partial charge in [0.15, 0.2) is 5.16 Å². The number of hydrogen-bond donors (Lipinski definition) is 1. The summed E-state index contributed by atoms with van der Waals surface area (Å²) in [5.74, 6) is 0.382. The molecule has 4 aromatic rings. The maximum absolute atomic E-state index is 13.4. The van der Waals surface area contributed by atoms with Crippen molar-refractivity contribution in [2.45, 2.75) is 17.3 Å². The van der Waals surface area contributed by atoms with Crippen molar-refractivity contribution in [3.8, 4) is 5.75 Å². The van der Waals surface area contributed by atoms with Crippen LogP contribution < -0.4 is 15.6 Å². The number of rotatable bonds is 7. The molecule has 3 aromatic carbocycles. The SMILES string of the molecule is CCOc1ccccc1NC(=O)C(Sc1nc2ccccc2c(=O)n1C)c1ccccc1. The molecule has 0 radical (unpaired) electrons. The van der Waals surface area contributed by atoms with Gasteiger partial charge in [0.05, 0.1) is 23.2 Å². The molecule has 0 fully saturated rings. The minimum Gasteiger partial charge on any atom is -0.492 e. The molecule has 1 amide bonds. The Balaban J connectivity index is 1.72. The molecule has 1 heterocycles. The molecule has 6 nitrogen and oxygen atoms in total.